The van der Waals surface area contributed by atoms with E-state index in [9.17, 15) is 0 Å². The molecule has 96 valence electrons. The van der Waals surface area contributed by atoms with Crippen molar-refractivity contribution in [3.63, 3.8) is 0 Å². The number of morpholine rings is 1. The first kappa shape index (κ1) is 12.3. The normalized spacial score (nSPS) is 31.8. The summed E-state index contributed by atoms with van der Waals surface area (Å²) in [6, 6.07) is 0. The molecule has 0 aromatic heterocycles. The number of rotatable bonds is 3. The Labute approximate surface area is 102 Å². The van der Waals surface area contributed by atoms with Crippen molar-refractivity contribution in [2.75, 3.05) is 32.8 Å². The molecule has 0 aromatic rings. The SMILES string of the molecule is CC(CN1CCOCC1)C1(N)NC=CN=C1N. The highest BCUT2D eigenvalue weighted by Gasteiger charge is 2.37. The van der Waals surface area contributed by atoms with Crippen LogP contribution in [0.25, 0.3) is 0 Å². The molecule has 6 heteroatoms. The molecule has 1 fully saturated rings. The van der Waals surface area contributed by atoms with Gasteiger partial charge in [0, 0.05) is 38.0 Å². The van der Waals surface area contributed by atoms with Gasteiger partial charge in [-0.05, 0) is 0 Å². The molecule has 5 N–H and O–H groups in total. The monoisotopic (exact) mass is 239 g/mol. The molecule has 6 nitrogen and oxygen atoms in total. The fourth-order valence-electron chi connectivity index (χ4n) is 2.18. The number of ether oxygens (including phenoxy) is 1. The third kappa shape index (κ3) is 2.59. The lowest BCUT2D eigenvalue weighted by molar-refractivity contribution is 0.0274. The molecule has 2 unspecified atom stereocenters. The molecule has 2 atom stereocenters. The molecule has 2 rings (SSSR count). The number of nitrogens with two attached hydrogens (primary N) is 2. The summed E-state index contributed by atoms with van der Waals surface area (Å²) in [4.78, 5) is 6.42. The number of nitrogens with zero attached hydrogens (tertiary/aromatic N) is 2. The van der Waals surface area contributed by atoms with Gasteiger partial charge < -0.3 is 21.5 Å². The summed E-state index contributed by atoms with van der Waals surface area (Å²) in [6.45, 7) is 6.46. The number of amidine groups is 1. The van der Waals surface area contributed by atoms with E-state index in [0.717, 1.165) is 32.8 Å². The summed E-state index contributed by atoms with van der Waals surface area (Å²) in [5.74, 6) is 0.620. The minimum absolute atomic E-state index is 0.175. The average molecular weight is 239 g/mol. The van der Waals surface area contributed by atoms with E-state index in [4.69, 9.17) is 16.2 Å². The smallest absolute Gasteiger partial charge is 0.148 e. The molecule has 0 amide bonds. The number of nitrogens with one attached hydrogen (secondary N) is 1. The van der Waals surface area contributed by atoms with Crippen LogP contribution < -0.4 is 16.8 Å². The molecule has 2 heterocycles. The molecule has 1 saturated heterocycles. The van der Waals surface area contributed by atoms with Crippen LogP contribution >= 0.6 is 0 Å². The van der Waals surface area contributed by atoms with Crippen LogP contribution in [0.15, 0.2) is 17.4 Å². The van der Waals surface area contributed by atoms with Crippen LogP contribution in [0.4, 0.5) is 0 Å². The summed E-state index contributed by atoms with van der Waals surface area (Å²) in [5.41, 5.74) is 11.4. The van der Waals surface area contributed by atoms with Crippen LogP contribution in [0.2, 0.25) is 0 Å². The Kier molecular flexibility index (Phi) is 3.66. The maximum absolute atomic E-state index is 6.29. The molecule has 0 radical (unpaired) electrons. The molecule has 0 aliphatic carbocycles. The van der Waals surface area contributed by atoms with Gasteiger partial charge in [-0.15, -0.1) is 0 Å². The first-order valence-corrected chi connectivity index (χ1v) is 5.98. The molecule has 0 aromatic carbocycles. The van der Waals surface area contributed by atoms with Crippen LogP contribution in [0.5, 0.6) is 0 Å². The Hall–Kier alpha value is -1.11. The summed E-state index contributed by atoms with van der Waals surface area (Å²) >= 11 is 0. The molecule has 2 aliphatic rings. The van der Waals surface area contributed by atoms with Gasteiger partial charge in [-0.1, -0.05) is 6.92 Å². The highest BCUT2D eigenvalue weighted by atomic mass is 16.5. The average Bonchev–Trinajstić information content (AvgIpc) is 2.34. The Morgan fingerprint density at radius 1 is 1.59 bits per heavy atom. The lowest BCUT2D eigenvalue weighted by atomic mass is 9.92. The highest BCUT2D eigenvalue weighted by molar-refractivity contribution is 5.91. The van der Waals surface area contributed by atoms with E-state index in [-0.39, 0.29) is 5.92 Å². The van der Waals surface area contributed by atoms with Crippen molar-refractivity contribution in [2.45, 2.75) is 12.6 Å². The van der Waals surface area contributed by atoms with Crippen molar-refractivity contribution in [2.24, 2.45) is 22.4 Å². The van der Waals surface area contributed by atoms with Crippen molar-refractivity contribution in [3.8, 4) is 0 Å². The van der Waals surface area contributed by atoms with Gasteiger partial charge in [-0.3, -0.25) is 4.90 Å². The van der Waals surface area contributed by atoms with Gasteiger partial charge in [-0.2, -0.15) is 0 Å². The molecule has 0 bridgehead atoms. The molecule has 0 saturated carbocycles. The van der Waals surface area contributed by atoms with Gasteiger partial charge in [0.2, 0.25) is 0 Å². The predicted octanol–water partition coefficient (Wildman–Crippen LogP) is -0.959. The fourth-order valence-corrected chi connectivity index (χ4v) is 2.18. The van der Waals surface area contributed by atoms with Crippen molar-refractivity contribution in [1.82, 2.24) is 10.2 Å². The molecular formula is C11H21N5O. The lowest BCUT2D eigenvalue weighted by Gasteiger charge is -2.39. The Morgan fingerprint density at radius 2 is 2.29 bits per heavy atom. The molecular weight excluding hydrogens is 218 g/mol. The number of hydrogen-bond donors (Lipinski definition) is 3. The van der Waals surface area contributed by atoms with Crippen molar-refractivity contribution in [3.05, 3.63) is 12.4 Å². The van der Waals surface area contributed by atoms with E-state index >= 15 is 0 Å². The second-order valence-electron chi connectivity index (χ2n) is 4.66. The summed E-state index contributed by atoms with van der Waals surface area (Å²) in [5, 5.41) is 3.12. The van der Waals surface area contributed by atoms with Crippen LogP contribution in [-0.4, -0.2) is 49.2 Å². The highest BCUT2D eigenvalue weighted by Crippen LogP contribution is 2.16. The fraction of sp³-hybridized carbons (Fsp3) is 0.727. The quantitative estimate of drug-likeness (QED) is 0.590. The lowest BCUT2D eigenvalue weighted by Crippen LogP contribution is -2.67. The molecule has 2 aliphatic heterocycles. The first-order chi connectivity index (χ1) is 8.13. The summed E-state index contributed by atoms with van der Waals surface area (Å²) in [7, 11) is 0. The van der Waals surface area contributed by atoms with Crippen molar-refractivity contribution in [1.29, 1.82) is 0 Å². The van der Waals surface area contributed by atoms with Gasteiger partial charge in [0.25, 0.3) is 0 Å². The van der Waals surface area contributed by atoms with Crippen molar-refractivity contribution < 1.29 is 4.74 Å². The third-order valence-corrected chi connectivity index (χ3v) is 3.45. The molecule has 17 heavy (non-hydrogen) atoms. The van der Waals surface area contributed by atoms with E-state index in [1.807, 2.05) is 0 Å². The zero-order valence-corrected chi connectivity index (χ0v) is 10.2. The summed E-state index contributed by atoms with van der Waals surface area (Å²) < 4.78 is 5.32. The van der Waals surface area contributed by atoms with Gasteiger partial charge >= 0.3 is 0 Å². The number of hydrogen-bond acceptors (Lipinski definition) is 6. The topological polar surface area (TPSA) is 88.9 Å². The minimum atomic E-state index is -0.743. The molecule has 0 spiro atoms. The standard InChI is InChI=1S/C11H21N5O/c1-9(8-16-4-6-17-7-5-16)11(13)10(12)14-2-3-15-11/h2-3,9,15H,4-8,13H2,1H3,(H2,12,14). The Bertz CT molecular complexity index is 324. The maximum Gasteiger partial charge on any atom is 0.148 e. The van der Waals surface area contributed by atoms with E-state index in [1.54, 1.807) is 12.4 Å². The van der Waals surface area contributed by atoms with E-state index in [0.29, 0.717) is 5.84 Å². The van der Waals surface area contributed by atoms with Gasteiger partial charge in [0.15, 0.2) is 0 Å². The maximum atomic E-state index is 6.29. The third-order valence-electron chi connectivity index (χ3n) is 3.45. The Balaban J connectivity index is 1.96. The summed E-state index contributed by atoms with van der Waals surface area (Å²) in [6.07, 6.45) is 3.37. The van der Waals surface area contributed by atoms with Crippen LogP contribution in [0, 0.1) is 5.92 Å². The van der Waals surface area contributed by atoms with E-state index in [2.05, 4.69) is 22.1 Å². The first-order valence-electron chi connectivity index (χ1n) is 5.98. The van der Waals surface area contributed by atoms with Gasteiger partial charge in [0.05, 0.1) is 13.2 Å². The van der Waals surface area contributed by atoms with Crippen LogP contribution in [0.1, 0.15) is 6.92 Å². The van der Waals surface area contributed by atoms with E-state index in [1.165, 1.54) is 0 Å². The van der Waals surface area contributed by atoms with E-state index < -0.39 is 5.66 Å². The van der Waals surface area contributed by atoms with Crippen LogP contribution in [-0.2, 0) is 4.74 Å². The van der Waals surface area contributed by atoms with Crippen molar-refractivity contribution >= 4 is 5.84 Å². The zero-order chi connectivity index (χ0) is 12.3. The predicted molar refractivity (Wildman–Crippen MR) is 67.2 cm³/mol. The van der Waals surface area contributed by atoms with Gasteiger partial charge in [0.1, 0.15) is 11.5 Å². The largest absolute Gasteiger partial charge is 0.384 e. The zero-order valence-electron chi connectivity index (χ0n) is 10.2. The minimum Gasteiger partial charge on any atom is -0.384 e. The second kappa shape index (κ2) is 5.03. The van der Waals surface area contributed by atoms with Crippen LogP contribution in [0.3, 0.4) is 0 Å². The number of aliphatic imine (C=N–C) groups is 1. The Morgan fingerprint density at radius 3 is 2.94 bits per heavy atom. The second-order valence-corrected chi connectivity index (χ2v) is 4.66. The van der Waals surface area contributed by atoms with Gasteiger partial charge in [-0.25, -0.2) is 4.99 Å².